The third kappa shape index (κ3) is 4.47. The molecule has 0 aliphatic carbocycles. The maximum absolute atomic E-state index is 6.25. The van der Waals surface area contributed by atoms with Gasteiger partial charge in [-0.3, -0.25) is 0 Å². The minimum atomic E-state index is 0.131. The molecule has 0 bridgehead atoms. The number of halogens is 2. The van der Waals surface area contributed by atoms with E-state index in [1.807, 2.05) is 25.1 Å². The molecule has 0 saturated carbocycles. The van der Waals surface area contributed by atoms with Crippen molar-refractivity contribution < 1.29 is 0 Å². The molecular weight excluding hydrogens is 348 g/mol. The van der Waals surface area contributed by atoms with Gasteiger partial charge >= 0.3 is 0 Å². The van der Waals surface area contributed by atoms with Crippen LogP contribution in [0.2, 0.25) is 5.02 Å². The monoisotopic (exact) mass is 366 g/mol. The van der Waals surface area contributed by atoms with Gasteiger partial charge in [0, 0.05) is 34.8 Å². The Morgan fingerprint density at radius 1 is 1.19 bits per heavy atom. The molecule has 2 aromatic rings. The number of benzene rings is 2. The molecule has 4 heteroatoms. The van der Waals surface area contributed by atoms with Gasteiger partial charge in [0.15, 0.2) is 0 Å². The molecule has 0 spiro atoms. The first-order chi connectivity index (χ1) is 9.97. The second-order valence-corrected chi connectivity index (χ2v) is 6.72. The Balaban J connectivity index is 2.26. The van der Waals surface area contributed by atoms with E-state index < -0.39 is 0 Å². The van der Waals surface area contributed by atoms with Gasteiger partial charge in [-0.05, 0) is 48.7 Å². The van der Waals surface area contributed by atoms with Crippen LogP contribution in [0.3, 0.4) is 0 Å². The van der Waals surface area contributed by atoms with Crippen LogP contribution >= 0.6 is 27.5 Å². The fraction of sp³-hybridized carbons (Fsp3) is 0.294. The molecule has 1 unspecified atom stereocenters. The minimum Gasteiger partial charge on any atom is -0.370 e. The second-order valence-electron chi connectivity index (χ2n) is 5.40. The van der Waals surface area contributed by atoms with E-state index in [1.165, 1.54) is 11.3 Å². The van der Waals surface area contributed by atoms with Gasteiger partial charge < -0.3 is 10.6 Å². The summed E-state index contributed by atoms with van der Waals surface area (Å²) in [5.74, 6) is 0. The quantitative estimate of drug-likeness (QED) is 0.835. The normalized spacial score (nSPS) is 12.2. The van der Waals surface area contributed by atoms with E-state index in [0.717, 1.165) is 28.0 Å². The molecule has 112 valence electrons. The predicted molar refractivity (Wildman–Crippen MR) is 95.1 cm³/mol. The highest BCUT2D eigenvalue weighted by Gasteiger charge is 2.11. The lowest BCUT2D eigenvalue weighted by Crippen LogP contribution is -2.22. The van der Waals surface area contributed by atoms with E-state index in [0.29, 0.717) is 0 Å². The smallest absolute Gasteiger partial charge is 0.0455 e. The van der Waals surface area contributed by atoms with E-state index in [9.17, 15) is 0 Å². The molecule has 0 saturated heterocycles. The Morgan fingerprint density at radius 3 is 2.57 bits per heavy atom. The summed E-state index contributed by atoms with van der Waals surface area (Å²) >= 11 is 9.78. The SMILES string of the molecule is CC(N)Cc1cc(Br)ccc1N(C)Cc1ccccc1Cl. The highest BCUT2D eigenvalue weighted by Crippen LogP contribution is 2.27. The van der Waals surface area contributed by atoms with E-state index in [2.05, 4.69) is 52.1 Å². The second kappa shape index (κ2) is 7.30. The molecule has 0 amide bonds. The predicted octanol–water partition coefficient (Wildman–Crippen LogP) is 4.63. The van der Waals surface area contributed by atoms with Crippen molar-refractivity contribution in [1.82, 2.24) is 0 Å². The Labute approximate surface area is 140 Å². The van der Waals surface area contributed by atoms with Crippen LogP contribution in [0.15, 0.2) is 46.9 Å². The molecule has 0 heterocycles. The highest BCUT2D eigenvalue weighted by atomic mass is 79.9. The highest BCUT2D eigenvalue weighted by molar-refractivity contribution is 9.10. The maximum Gasteiger partial charge on any atom is 0.0455 e. The Bertz CT molecular complexity index is 613. The van der Waals surface area contributed by atoms with E-state index in [-0.39, 0.29) is 6.04 Å². The van der Waals surface area contributed by atoms with E-state index in [4.69, 9.17) is 17.3 Å². The molecule has 2 N–H and O–H groups in total. The van der Waals surface area contributed by atoms with E-state index >= 15 is 0 Å². The van der Waals surface area contributed by atoms with Gasteiger partial charge in [0.2, 0.25) is 0 Å². The van der Waals surface area contributed by atoms with Crippen molar-refractivity contribution in [2.24, 2.45) is 5.73 Å². The van der Waals surface area contributed by atoms with Crippen molar-refractivity contribution in [3.63, 3.8) is 0 Å². The maximum atomic E-state index is 6.25. The molecular formula is C17H20BrClN2. The van der Waals surface area contributed by atoms with Crippen LogP contribution in [0.25, 0.3) is 0 Å². The minimum absolute atomic E-state index is 0.131. The van der Waals surface area contributed by atoms with Crippen LogP contribution in [0.1, 0.15) is 18.1 Å². The summed E-state index contributed by atoms with van der Waals surface area (Å²) in [6, 6.07) is 14.4. The number of rotatable bonds is 5. The van der Waals surface area contributed by atoms with Crippen molar-refractivity contribution in [3.05, 3.63) is 63.1 Å². The molecule has 0 aliphatic heterocycles. The summed E-state index contributed by atoms with van der Waals surface area (Å²) in [7, 11) is 2.08. The molecule has 2 aromatic carbocycles. The first-order valence-electron chi connectivity index (χ1n) is 6.96. The average Bonchev–Trinajstić information content (AvgIpc) is 2.40. The van der Waals surface area contributed by atoms with Crippen molar-refractivity contribution >= 4 is 33.2 Å². The summed E-state index contributed by atoms with van der Waals surface area (Å²) in [4.78, 5) is 2.21. The lowest BCUT2D eigenvalue weighted by atomic mass is 10.0. The van der Waals surface area contributed by atoms with Crippen molar-refractivity contribution in [1.29, 1.82) is 0 Å². The molecule has 0 aliphatic rings. The molecule has 0 aromatic heterocycles. The van der Waals surface area contributed by atoms with Crippen LogP contribution in [0.4, 0.5) is 5.69 Å². The fourth-order valence-electron chi connectivity index (χ4n) is 2.40. The largest absolute Gasteiger partial charge is 0.370 e. The van der Waals surface area contributed by atoms with Crippen LogP contribution < -0.4 is 10.6 Å². The van der Waals surface area contributed by atoms with Crippen LogP contribution in [0.5, 0.6) is 0 Å². The van der Waals surface area contributed by atoms with E-state index in [1.54, 1.807) is 0 Å². The molecule has 21 heavy (non-hydrogen) atoms. The topological polar surface area (TPSA) is 29.3 Å². The van der Waals surface area contributed by atoms with Crippen LogP contribution in [0, 0.1) is 0 Å². The summed E-state index contributed by atoms with van der Waals surface area (Å²) in [6.45, 7) is 2.80. The average molecular weight is 368 g/mol. The summed E-state index contributed by atoms with van der Waals surface area (Å²) in [5, 5.41) is 0.801. The number of anilines is 1. The molecule has 2 nitrogen and oxygen atoms in total. The lowest BCUT2D eigenvalue weighted by Gasteiger charge is -2.24. The van der Waals surface area contributed by atoms with Gasteiger partial charge in [-0.2, -0.15) is 0 Å². The summed E-state index contributed by atoms with van der Waals surface area (Å²) < 4.78 is 1.08. The number of nitrogens with two attached hydrogens (primary N) is 1. The summed E-state index contributed by atoms with van der Waals surface area (Å²) in [5.41, 5.74) is 9.52. The number of hydrogen-bond acceptors (Lipinski definition) is 2. The zero-order chi connectivity index (χ0) is 15.4. The van der Waals surface area contributed by atoms with Gasteiger partial charge in [-0.15, -0.1) is 0 Å². The number of nitrogens with zero attached hydrogens (tertiary/aromatic N) is 1. The Morgan fingerprint density at radius 2 is 1.90 bits per heavy atom. The molecule has 1 atom stereocenters. The lowest BCUT2D eigenvalue weighted by molar-refractivity contribution is 0.734. The van der Waals surface area contributed by atoms with Crippen molar-refractivity contribution in [2.45, 2.75) is 25.9 Å². The molecule has 2 rings (SSSR count). The van der Waals surface area contributed by atoms with Crippen molar-refractivity contribution in [2.75, 3.05) is 11.9 Å². The van der Waals surface area contributed by atoms with Crippen molar-refractivity contribution in [3.8, 4) is 0 Å². The number of hydrogen-bond donors (Lipinski definition) is 1. The van der Waals surface area contributed by atoms with Gasteiger partial charge in [0.05, 0.1) is 0 Å². The van der Waals surface area contributed by atoms with Gasteiger partial charge in [0.1, 0.15) is 0 Å². The third-order valence-electron chi connectivity index (χ3n) is 3.36. The first kappa shape index (κ1) is 16.3. The zero-order valence-electron chi connectivity index (χ0n) is 12.3. The molecule has 0 radical (unpaired) electrons. The Hall–Kier alpha value is -1.03. The standard InChI is InChI=1S/C17H20BrClN2/c1-12(20)9-14-10-15(18)7-8-17(14)21(2)11-13-5-3-4-6-16(13)19/h3-8,10,12H,9,11,20H2,1-2H3. The summed E-state index contributed by atoms with van der Waals surface area (Å²) in [6.07, 6.45) is 0.849. The van der Waals surface area contributed by atoms with Crippen LogP contribution in [-0.2, 0) is 13.0 Å². The van der Waals surface area contributed by atoms with Crippen LogP contribution in [-0.4, -0.2) is 13.1 Å². The molecule has 0 fully saturated rings. The first-order valence-corrected chi connectivity index (χ1v) is 8.13. The van der Waals surface area contributed by atoms with Gasteiger partial charge in [-0.25, -0.2) is 0 Å². The van der Waals surface area contributed by atoms with Gasteiger partial charge in [-0.1, -0.05) is 45.7 Å². The zero-order valence-corrected chi connectivity index (χ0v) is 14.7. The Kier molecular flexibility index (Phi) is 5.68. The van der Waals surface area contributed by atoms with Gasteiger partial charge in [0.25, 0.3) is 0 Å². The third-order valence-corrected chi connectivity index (χ3v) is 4.22. The fourth-order valence-corrected chi connectivity index (χ4v) is 3.01.